The lowest BCUT2D eigenvalue weighted by atomic mass is 10.1. The number of rotatable bonds is 5. The summed E-state index contributed by atoms with van der Waals surface area (Å²) in [7, 11) is 2.17. The first-order valence-electron chi connectivity index (χ1n) is 6.74. The topological polar surface area (TPSA) is 32.3 Å². The Hall–Kier alpha value is -1.35. The zero-order valence-electron chi connectivity index (χ0n) is 11.3. The second kappa shape index (κ2) is 6.01. The van der Waals surface area contributed by atoms with Gasteiger partial charge < -0.3 is 10.2 Å². The molecule has 1 heterocycles. The number of hydrogen-bond donors (Lipinski definition) is 1. The van der Waals surface area contributed by atoms with Gasteiger partial charge in [-0.1, -0.05) is 6.92 Å². The van der Waals surface area contributed by atoms with E-state index in [1.807, 2.05) is 31.2 Å². The van der Waals surface area contributed by atoms with Gasteiger partial charge in [-0.25, -0.2) is 0 Å². The first-order valence-corrected chi connectivity index (χ1v) is 6.74. The third-order valence-electron chi connectivity index (χ3n) is 3.61. The lowest BCUT2D eigenvalue weighted by Gasteiger charge is -2.12. The lowest BCUT2D eigenvalue weighted by molar-refractivity contribution is 0.0988. The number of benzene rings is 1. The first-order chi connectivity index (χ1) is 8.69. The highest BCUT2D eigenvalue weighted by Gasteiger charge is 2.18. The Kier molecular flexibility index (Phi) is 4.37. The fourth-order valence-corrected chi connectivity index (χ4v) is 2.43. The number of anilines is 1. The quantitative estimate of drug-likeness (QED) is 0.811. The summed E-state index contributed by atoms with van der Waals surface area (Å²) < 4.78 is 0. The largest absolute Gasteiger partial charge is 0.385 e. The van der Waals surface area contributed by atoms with E-state index < -0.39 is 0 Å². The highest BCUT2D eigenvalue weighted by molar-refractivity contribution is 5.96. The summed E-state index contributed by atoms with van der Waals surface area (Å²) in [5, 5.41) is 3.45. The molecule has 0 spiro atoms. The monoisotopic (exact) mass is 246 g/mol. The third kappa shape index (κ3) is 3.33. The van der Waals surface area contributed by atoms with E-state index in [1.165, 1.54) is 19.5 Å². The van der Waals surface area contributed by atoms with E-state index in [1.54, 1.807) is 0 Å². The van der Waals surface area contributed by atoms with Gasteiger partial charge in [-0.3, -0.25) is 4.79 Å². The van der Waals surface area contributed by atoms with Gasteiger partial charge in [0.25, 0.3) is 0 Å². The van der Waals surface area contributed by atoms with Crippen molar-refractivity contribution in [3.63, 3.8) is 0 Å². The van der Waals surface area contributed by atoms with Crippen LogP contribution in [0.25, 0.3) is 0 Å². The summed E-state index contributed by atoms with van der Waals surface area (Å²) in [5.74, 6) is 0.950. The zero-order valence-corrected chi connectivity index (χ0v) is 11.3. The number of likely N-dealkylation sites (tertiary alicyclic amines) is 1. The Balaban J connectivity index is 1.85. The molecule has 0 aromatic heterocycles. The van der Waals surface area contributed by atoms with E-state index >= 15 is 0 Å². The van der Waals surface area contributed by atoms with Crippen LogP contribution in [0.4, 0.5) is 5.69 Å². The van der Waals surface area contributed by atoms with Crippen molar-refractivity contribution in [3.8, 4) is 0 Å². The van der Waals surface area contributed by atoms with Gasteiger partial charge in [0.1, 0.15) is 0 Å². The van der Waals surface area contributed by atoms with Crippen molar-refractivity contribution in [2.45, 2.75) is 19.8 Å². The highest BCUT2D eigenvalue weighted by atomic mass is 16.1. The molecule has 1 unspecified atom stereocenters. The van der Waals surface area contributed by atoms with E-state index in [4.69, 9.17) is 0 Å². The second-order valence-corrected chi connectivity index (χ2v) is 5.15. The van der Waals surface area contributed by atoms with Gasteiger partial charge in [-0.15, -0.1) is 0 Å². The molecule has 1 atom stereocenters. The number of carbonyl (C=O) groups is 1. The molecule has 2 rings (SSSR count). The van der Waals surface area contributed by atoms with E-state index in [0.717, 1.165) is 23.7 Å². The number of nitrogens with zero attached hydrogens (tertiary/aromatic N) is 1. The molecular weight excluding hydrogens is 224 g/mol. The standard InChI is InChI=1S/C15H22N2O/c1-3-15(18)13-4-6-14(7-5-13)16-10-12-8-9-17(2)11-12/h4-7,12,16H,3,8-11H2,1-2H3. The van der Waals surface area contributed by atoms with E-state index in [-0.39, 0.29) is 5.78 Å². The molecule has 0 amide bonds. The molecule has 98 valence electrons. The molecule has 1 fully saturated rings. The van der Waals surface area contributed by atoms with Crippen LogP contribution in [0.15, 0.2) is 24.3 Å². The smallest absolute Gasteiger partial charge is 0.162 e. The average Bonchev–Trinajstić information content (AvgIpc) is 2.82. The summed E-state index contributed by atoms with van der Waals surface area (Å²) in [6.07, 6.45) is 1.84. The Labute approximate surface area is 109 Å². The van der Waals surface area contributed by atoms with Crippen molar-refractivity contribution < 1.29 is 4.79 Å². The van der Waals surface area contributed by atoms with Gasteiger partial charge in [0.15, 0.2) is 5.78 Å². The summed E-state index contributed by atoms with van der Waals surface area (Å²) >= 11 is 0. The van der Waals surface area contributed by atoms with Crippen molar-refractivity contribution >= 4 is 11.5 Å². The molecule has 1 aliphatic heterocycles. The summed E-state index contributed by atoms with van der Waals surface area (Å²) in [6.45, 7) is 5.30. The van der Waals surface area contributed by atoms with Gasteiger partial charge in [0, 0.05) is 30.8 Å². The van der Waals surface area contributed by atoms with Crippen LogP contribution in [0.2, 0.25) is 0 Å². The Morgan fingerprint density at radius 2 is 2.11 bits per heavy atom. The van der Waals surface area contributed by atoms with Crippen LogP contribution in [-0.2, 0) is 0 Å². The number of ketones is 1. The number of carbonyl (C=O) groups excluding carboxylic acids is 1. The van der Waals surface area contributed by atoms with Crippen molar-refractivity contribution in [2.24, 2.45) is 5.92 Å². The third-order valence-corrected chi connectivity index (χ3v) is 3.61. The average molecular weight is 246 g/mol. The molecule has 0 radical (unpaired) electrons. The summed E-state index contributed by atoms with van der Waals surface area (Å²) in [4.78, 5) is 13.9. The molecule has 3 nitrogen and oxygen atoms in total. The molecule has 0 saturated carbocycles. The molecule has 1 N–H and O–H groups in total. The van der Waals surface area contributed by atoms with Gasteiger partial charge in [0.2, 0.25) is 0 Å². The Morgan fingerprint density at radius 1 is 1.39 bits per heavy atom. The van der Waals surface area contributed by atoms with Crippen molar-refractivity contribution in [1.29, 1.82) is 0 Å². The van der Waals surface area contributed by atoms with Crippen molar-refractivity contribution in [1.82, 2.24) is 4.90 Å². The molecule has 1 aromatic rings. The summed E-state index contributed by atoms with van der Waals surface area (Å²) in [5.41, 5.74) is 1.92. The SMILES string of the molecule is CCC(=O)c1ccc(NCC2CCN(C)C2)cc1. The Bertz CT molecular complexity index is 399. The van der Waals surface area contributed by atoms with Crippen molar-refractivity contribution in [3.05, 3.63) is 29.8 Å². The molecule has 18 heavy (non-hydrogen) atoms. The van der Waals surface area contributed by atoms with Crippen LogP contribution < -0.4 is 5.32 Å². The van der Waals surface area contributed by atoms with Crippen LogP contribution in [0.1, 0.15) is 30.1 Å². The van der Waals surface area contributed by atoms with Crippen LogP contribution in [0.5, 0.6) is 0 Å². The maximum atomic E-state index is 11.5. The highest BCUT2D eigenvalue weighted by Crippen LogP contribution is 2.16. The minimum atomic E-state index is 0.207. The predicted molar refractivity (Wildman–Crippen MR) is 75.2 cm³/mol. The molecule has 1 aliphatic rings. The molecule has 0 aliphatic carbocycles. The molecular formula is C15H22N2O. The molecule has 1 aromatic carbocycles. The predicted octanol–water partition coefficient (Wildman–Crippen LogP) is 2.64. The maximum absolute atomic E-state index is 11.5. The van der Waals surface area contributed by atoms with Crippen molar-refractivity contribution in [2.75, 3.05) is 32.0 Å². The maximum Gasteiger partial charge on any atom is 0.162 e. The van der Waals surface area contributed by atoms with E-state index in [2.05, 4.69) is 17.3 Å². The zero-order chi connectivity index (χ0) is 13.0. The van der Waals surface area contributed by atoms with Crippen LogP contribution in [0.3, 0.4) is 0 Å². The molecule has 3 heteroatoms. The fraction of sp³-hybridized carbons (Fsp3) is 0.533. The van der Waals surface area contributed by atoms with Gasteiger partial charge >= 0.3 is 0 Å². The first kappa shape index (κ1) is 13.1. The van der Waals surface area contributed by atoms with Crippen LogP contribution in [-0.4, -0.2) is 37.4 Å². The number of hydrogen-bond acceptors (Lipinski definition) is 3. The Morgan fingerprint density at radius 3 is 2.67 bits per heavy atom. The summed E-state index contributed by atoms with van der Waals surface area (Å²) in [6, 6.07) is 7.83. The minimum absolute atomic E-state index is 0.207. The molecule has 0 bridgehead atoms. The normalized spacial score (nSPS) is 20.0. The van der Waals surface area contributed by atoms with E-state index in [0.29, 0.717) is 6.42 Å². The van der Waals surface area contributed by atoms with E-state index in [9.17, 15) is 4.79 Å². The van der Waals surface area contributed by atoms with Gasteiger partial charge in [-0.05, 0) is 50.2 Å². The van der Waals surface area contributed by atoms with Crippen LogP contribution >= 0.6 is 0 Å². The van der Waals surface area contributed by atoms with Crippen LogP contribution in [0, 0.1) is 5.92 Å². The van der Waals surface area contributed by atoms with Gasteiger partial charge in [-0.2, -0.15) is 0 Å². The van der Waals surface area contributed by atoms with Gasteiger partial charge in [0.05, 0.1) is 0 Å². The number of nitrogens with one attached hydrogen (secondary N) is 1. The fourth-order valence-electron chi connectivity index (χ4n) is 2.43. The molecule has 1 saturated heterocycles. The minimum Gasteiger partial charge on any atom is -0.385 e. The second-order valence-electron chi connectivity index (χ2n) is 5.15. The lowest BCUT2D eigenvalue weighted by Crippen LogP contribution is -2.19. The number of Topliss-reactive ketones (excluding diaryl/α,β-unsaturated/α-hetero) is 1.